The first-order chi connectivity index (χ1) is 28.0. The average Bonchev–Trinajstić information content (AvgIpc) is 3.21. The summed E-state index contributed by atoms with van der Waals surface area (Å²) in [6.07, 6.45) is 51.5. The lowest BCUT2D eigenvalue weighted by atomic mass is 10.0. The normalized spacial score (nSPS) is 12.1. The number of ether oxygens (including phenoxy) is 3. The molecule has 0 aliphatic heterocycles. The van der Waals surface area contributed by atoms with Crippen LogP contribution >= 0.6 is 0 Å². The zero-order chi connectivity index (χ0) is 41.5. The number of carbonyl (C=O) groups is 3. The quantitative estimate of drug-likeness (QED) is 0.0264. The minimum absolute atomic E-state index is 0.0712. The molecule has 0 saturated heterocycles. The lowest BCUT2D eigenvalue weighted by Gasteiger charge is -2.18. The molecule has 6 heteroatoms. The molecule has 0 aromatic rings. The molecule has 1 atom stereocenters. The first-order valence-corrected chi connectivity index (χ1v) is 24.8. The molecule has 0 aliphatic carbocycles. The Labute approximate surface area is 353 Å². The summed E-state index contributed by atoms with van der Waals surface area (Å²) in [7, 11) is 0. The van der Waals surface area contributed by atoms with Crippen molar-refractivity contribution in [3.8, 4) is 0 Å². The van der Waals surface area contributed by atoms with E-state index in [1.807, 2.05) is 0 Å². The Bertz CT molecular complexity index is 927. The molecular formula is C51H94O6. The van der Waals surface area contributed by atoms with Gasteiger partial charge in [0.15, 0.2) is 6.10 Å². The fourth-order valence-electron chi connectivity index (χ4n) is 7.18. The molecule has 0 rings (SSSR count). The summed E-state index contributed by atoms with van der Waals surface area (Å²) in [5.41, 5.74) is 0. The summed E-state index contributed by atoms with van der Waals surface area (Å²) in [5.74, 6) is -0.875. The van der Waals surface area contributed by atoms with Crippen molar-refractivity contribution in [2.24, 2.45) is 0 Å². The number of carbonyl (C=O) groups excluding carboxylic acids is 3. The van der Waals surface area contributed by atoms with Gasteiger partial charge in [0.05, 0.1) is 0 Å². The van der Waals surface area contributed by atoms with Crippen LogP contribution in [0, 0.1) is 0 Å². The molecule has 0 amide bonds. The van der Waals surface area contributed by atoms with Crippen molar-refractivity contribution in [2.75, 3.05) is 13.2 Å². The van der Waals surface area contributed by atoms with Gasteiger partial charge in [-0.3, -0.25) is 14.4 Å². The van der Waals surface area contributed by atoms with Crippen molar-refractivity contribution in [3.05, 3.63) is 24.3 Å². The van der Waals surface area contributed by atoms with Gasteiger partial charge < -0.3 is 14.2 Å². The number of unbranched alkanes of at least 4 members (excludes halogenated alkanes) is 30. The van der Waals surface area contributed by atoms with Crippen molar-refractivity contribution in [1.29, 1.82) is 0 Å². The minimum atomic E-state index is -0.769. The van der Waals surface area contributed by atoms with Gasteiger partial charge in [-0.25, -0.2) is 0 Å². The predicted octanol–water partition coefficient (Wildman–Crippen LogP) is 16.0. The lowest BCUT2D eigenvalue weighted by molar-refractivity contribution is -0.167. The van der Waals surface area contributed by atoms with Gasteiger partial charge in [0.1, 0.15) is 13.2 Å². The van der Waals surface area contributed by atoms with E-state index in [2.05, 4.69) is 45.1 Å². The van der Waals surface area contributed by atoms with Gasteiger partial charge in [0, 0.05) is 19.3 Å². The fourth-order valence-corrected chi connectivity index (χ4v) is 7.18. The second-order valence-corrected chi connectivity index (χ2v) is 16.7. The Morgan fingerprint density at radius 1 is 0.351 bits per heavy atom. The molecule has 0 N–H and O–H groups in total. The first-order valence-electron chi connectivity index (χ1n) is 24.8. The molecule has 0 fully saturated rings. The molecule has 0 spiro atoms. The van der Waals surface area contributed by atoms with Crippen LogP contribution in [-0.4, -0.2) is 37.2 Å². The SMILES string of the molecule is CCCCCC=CCC=CCCCCCCCC(=O)OCC(COC(=O)CCCCCCCCCCCCCCC)OC(=O)CCCCCCCCCCCCC. The molecule has 0 bridgehead atoms. The zero-order valence-corrected chi connectivity index (χ0v) is 38.1. The zero-order valence-electron chi connectivity index (χ0n) is 38.1. The summed E-state index contributed by atoms with van der Waals surface area (Å²) < 4.78 is 16.8. The predicted molar refractivity (Wildman–Crippen MR) is 243 cm³/mol. The van der Waals surface area contributed by atoms with E-state index in [9.17, 15) is 14.4 Å². The molecule has 0 aromatic carbocycles. The van der Waals surface area contributed by atoms with Crippen LogP contribution in [0.3, 0.4) is 0 Å². The van der Waals surface area contributed by atoms with Gasteiger partial charge in [0.25, 0.3) is 0 Å². The van der Waals surface area contributed by atoms with Crippen LogP contribution in [0.1, 0.15) is 265 Å². The highest BCUT2D eigenvalue weighted by Gasteiger charge is 2.19. The number of esters is 3. The van der Waals surface area contributed by atoms with Crippen molar-refractivity contribution in [3.63, 3.8) is 0 Å². The first kappa shape index (κ1) is 54.9. The smallest absolute Gasteiger partial charge is 0.306 e. The third-order valence-corrected chi connectivity index (χ3v) is 11.0. The molecule has 0 heterocycles. The molecule has 0 aliphatic rings. The highest BCUT2D eigenvalue weighted by Crippen LogP contribution is 2.15. The number of hydrogen-bond acceptors (Lipinski definition) is 6. The maximum absolute atomic E-state index is 12.7. The molecule has 0 aromatic heterocycles. The number of hydrogen-bond donors (Lipinski definition) is 0. The molecule has 57 heavy (non-hydrogen) atoms. The Balaban J connectivity index is 4.35. The minimum Gasteiger partial charge on any atom is -0.462 e. The van der Waals surface area contributed by atoms with Crippen molar-refractivity contribution in [1.82, 2.24) is 0 Å². The Morgan fingerprint density at radius 2 is 0.632 bits per heavy atom. The van der Waals surface area contributed by atoms with Crippen LogP contribution in [0.4, 0.5) is 0 Å². The van der Waals surface area contributed by atoms with E-state index in [1.165, 1.54) is 148 Å². The van der Waals surface area contributed by atoms with Crippen LogP contribution in [0.2, 0.25) is 0 Å². The van der Waals surface area contributed by atoms with E-state index < -0.39 is 6.10 Å². The topological polar surface area (TPSA) is 78.9 Å². The van der Waals surface area contributed by atoms with E-state index in [0.29, 0.717) is 19.3 Å². The summed E-state index contributed by atoms with van der Waals surface area (Å²) in [6.45, 7) is 6.61. The second kappa shape index (κ2) is 46.6. The highest BCUT2D eigenvalue weighted by molar-refractivity contribution is 5.71. The Hall–Kier alpha value is -2.11. The van der Waals surface area contributed by atoms with Gasteiger partial charge in [-0.2, -0.15) is 0 Å². The van der Waals surface area contributed by atoms with Crippen molar-refractivity contribution < 1.29 is 28.6 Å². The average molecular weight is 803 g/mol. The second-order valence-electron chi connectivity index (χ2n) is 16.7. The lowest BCUT2D eigenvalue weighted by Crippen LogP contribution is -2.30. The van der Waals surface area contributed by atoms with E-state index in [1.54, 1.807) is 0 Å². The van der Waals surface area contributed by atoms with Crippen molar-refractivity contribution in [2.45, 2.75) is 271 Å². The molecule has 1 unspecified atom stereocenters. The number of rotatable bonds is 45. The maximum atomic E-state index is 12.7. The highest BCUT2D eigenvalue weighted by atomic mass is 16.6. The van der Waals surface area contributed by atoms with Gasteiger partial charge >= 0.3 is 17.9 Å². The summed E-state index contributed by atoms with van der Waals surface area (Å²) >= 11 is 0. The van der Waals surface area contributed by atoms with E-state index in [4.69, 9.17) is 14.2 Å². The molecular weight excluding hydrogens is 709 g/mol. The molecule has 0 saturated carbocycles. The van der Waals surface area contributed by atoms with Crippen LogP contribution in [-0.2, 0) is 28.6 Å². The maximum Gasteiger partial charge on any atom is 0.306 e. The van der Waals surface area contributed by atoms with E-state index in [0.717, 1.165) is 77.0 Å². The third-order valence-electron chi connectivity index (χ3n) is 11.0. The Kier molecular flexibility index (Phi) is 44.9. The third kappa shape index (κ3) is 44.8. The largest absolute Gasteiger partial charge is 0.462 e. The van der Waals surface area contributed by atoms with Crippen LogP contribution < -0.4 is 0 Å². The van der Waals surface area contributed by atoms with Gasteiger partial charge in [0.2, 0.25) is 0 Å². The summed E-state index contributed by atoms with van der Waals surface area (Å²) in [5, 5.41) is 0. The summed E-state index contributed by atoms with van der Waals surface area (Å²) in [6, 6.07) is 0. The van der Waals surface area contributed by atoms with E-state index in [-0.39, 0.29) is 31.1 Å². The molecule has 334 valence electrons. The van der Waals surface area contributed by atoms with E-state index >= 15 is 0 Å². The van der Waals surface area contributed by atoms with Gasteiger partial charge in [-0.1, -0.05) is 218 Å². The van der Waals surface area contributed by atoms with Crippen LogP contribution in [0.5, 0.6) is 0 Å². The van der Waals surface area contributed by atoms with Gasteiger partial charge in [-0.15, -0.1) is 0 Å². The molecule has 0 radical (unpaired) electrons. The summed E-state index contributed by atoms with van der Waals surface area (Å²) in [4.78, 5) is 37.8. The number of allylic oxidation sites excluding steroid dienone is 4. The fraction of sp³-hybridized carbons (Fsp3) is 0.863. The van der Waals surface area contributed by atoms with Crippen LogP contribution in [0.15, 0.2) is 24.3 Å². The Morgan fingerprint density at radius 3 is 1.00 bits per heavy atom. The monoisotopic (exact) mass is 803 g/mol. The molecule has 6 nitrogen and oxygen atoms in total. The van der Waals surface area contributed by atoms with Gasteiger partial charge in [-0.05, 0) is 51.4 Å². The van der Waals surface area contributed by atoms with Crippen molar-refractivity contribution >= 4 is 17.9 Å². The standard InChI is InChI=1S/C51H94O6/c1-4-7-10-13-16-19-22-24-25-27-30-32-35-38-41-44-50(53)56-47-48(57-51(54)45-42-39-36-33-28-21-18-15-12-9-6-3)46-55-49(52)43-40-37-34-31-29-26-23-20-17-14-11-8-5-2/h16,19,24-25,48H,4-15,17-18,20-23,26-47H2,1-3H3. The van der Waals surface area contributed by atoms with Crippen LogP contribution in [0.25, 0.3) is 0 Å².